The molecule has 3 heterocycles. The third kappa shape index (κ3) is 4.03. The van der Waals surface area contributed by atoms with Gasteiger partial charge in [0.05, 0.1) is 27.7 Å². The van der Waals surface area contributed by atoms with Crippen LogP contribution in [0.2, 0.25) is 0 Å². The number of benzene rings is 1. The summed E-state index contributed by atoms with van der Waals surface area (Å²) in [7, 11) is 0. The lowest BCUT2D eigenvalue weighted by Gasteiger charge is -2.34. The van der Waals surface area contributed by atoms with Gasteiger partial charge in [0.25, 0.3) is 6.43 Å². The fraction of sp³-hybridized carbons (Fsp3) is 0.360. The van der Waals surface area contributed by atoms with Gasteiger partial charge in [-0.3, -0.25) is 9.98 Å². The maximum Gasteiger partial charge on any atom is 0.253 e. The van der Waals surface area contributed by atoms with Crippen LogP contribution in [0.1, 0.15) is 37.1 Å². The topological polar surface area (TPSA) is 86.3 Å². The Balaban J connectivity index is 1.51. The largest absolute Gasteiger partial charge is 0.463 e. The molecule has 0 amide bonds. The molecule has 1 aliphatic heterocycles. The van der Waals surface area contributed by atoms with E-state index in [1.807, 2.05) is 0 Å². The summed E-state index contributed by atoms with van der Waals surface area (Å²) in [5.41, 5.74) is 6.20. The molecule has 0 unspecified atom stereocenters. The zero-order chi connectivity index (χ0) is 25.7. The van der Waals surface area contributed by atoms with E-state index in [4.69, 9.17) is 10.5 Å². The summed E-state index contributed by atoms with van der Waals surface area (Å²) in [6.07, 6.45) is 0.520. The molecule has 0 radical (unpaired) electrons. The lowest BCUT2D eigenvalue weighted by molar-refractivity contribution is 0.123. The Morgan fingerprint density at radius 2 is 2.08 bits per heavy atom. The standard InChI is InChI=1S/C25H21F4N5OS/c1-3-4-7-35-19-12-32-21-16(33-19)5-6-31-17(21)10-13-8-14(20(27)15(26)9-13)24(2)18-11-25(18,22(28)29)36-23(30)34-24/h5-6,8-9,12,18,22H,7,10-11H2,1-2H3,(H2,30,34)/t18-,24+,25-/m0/s1. The Hall–Kier alpha value is -3.39. The number of nitrogens with zero attached hydrogens (tertiary/aromatic N) is 4. The molecule has 1 aliphatic carbocycles. The predicted octanol–water partition coefficient (Wildman–Crippen LogP) is 4.60. The second kappa shape index (κ2) is 8.92. The van der Waals surface area contributed by atoms with Gasteiger partial charge in [-0.05, 0) is 44.0 Å². The highest BCUT2D eigenvalue weighted by Crippen LogP contribution is 2.68. The number of halogens is 4. The van der Waals surface area contributed by atoms with Crippen LogP contribution in [-0.4, -0.2) is 37.9 Å². The van der Waals surface area contributed by atoms with Crippen LogP contribution in [-0.2, 0) is 12.0 Å². The molecule has 36 heavy (non-hydrogen) atoms. The summed E-state index contributed by atoms with van der Waals surface area (Å²) >= 11 is 0.812. The first kappa shape index (κ1) is 24.3. The Labute approximate surface area is 208 Å². The molecule has 2 aliphatic rings. The van der Waals surface area contributed by atoms with Crippen molar-refractivity contribution in [3.05, 3.63) is 59.0 Å². The first-order chi connectivity index (χ1) is 17.2. The van der Waals surface area contributed by atoms with Crippen molar-refractivity contribution in [2.75, 3.05) is 6.61 Å². The van der Waals surface area contributed by atoms with Crippen LogP contribution in [0.25, 0.3) is 11.0 Å². The van der Waals surface area contributed by atoms with Crippen molar-refractivity contribution in [1.29, 1.82) is 0 Å². The number of rotatable bonds is 6. The van der Waals surface area contributed by atoms with Crippen LogP contribution >= 0.6 is 11.8 Å². The van der Waals surface area contributed by atoms with E-state index in [1.165, 1.54) is 25.4 Å². The van der Waals surface area contributed by atoms with Gasteiger partial charge in [-0.1, -0.05) is 17.7 Å². The van der Waals surface area contributed by atoms with Crippen molar-refractivity contribution in [3.63, 3.8) is 0 Å². The summed E-state index contributed by atoms with van der Waals surface area (Å²) in [5.74, 6) is 2.89. The van der Waals surface area contributed by atoms with Crippen LogP contribution in [0.4, 0.5) is 17.6 Å². The number of aliphatic imine (C=N–C) groups is 1. The lowest BCUT2D eigenvalue weighted by Crippen LogP contribution is -2.39. The number of fused-ring (bicyclic) bond motifs is 2. The van der Waals surface area contributed by atoms with Crippen LogP contribution in [0, 0.1) is 29.4 Å². The summed E-state index contributed by atoms with van der Waals surface area (Å²) in [6.45, 7) is 3.40. The van der Waals surface area contributed by atoms with E-state index in [1.54, 1.807) is 13.0 Å². The van der Waals surface area contributed by atoms with Crippen LogP contribution in [0.3, 0.4) is 0 Å². The molecule has 0 spiro atoms. The van der Waals surface area contributed by atoms with Gasteiger partial charge in [0.15, 0.2) is 23.4 Å². The molecule has 11 heteroatoms. The van der Waals surface area contributed by atoms with E-state index in [9.17, 15) is 13.2 Å². The third-order valence-electron chi connectivity index (χ3n) is 6.63. The molecule has 2 N–H and O–H groups in total. The van der Waals surface area contributed by atoms with Gasteiger partial charge < -0.3 is 10.5 Å². The zero-order valence-corrected chi connectivity index (χ0v) is 20.2. The number of alkyl halides is 2. The quantitative estimate of drug-likeness (QED) is 0.382. The smallest absolute Gasteiger partial charge is 0.253 e. The number of ether oxygens (including phenoxy) is 1. The number of nitrogens with two attached hydrogens (primary N) is 1. The predicted molar refractivity (Wildman–Crippen MR) is 129 cm³/mol. The minimum Gasteiger partial charge on any atom is -0.463 e. The van der Waals surface area contributed by atoms with E-state index < -0.39 is 34.3 Å². The highest BCUT2D eigenvalue weighted by atomic mass is 32.2. The number of amidine groups is 1. The number of aromatic nitrogens is 3. The minimum atomic E-state index is -2.67. The molecule has 1 fully saturated rings. The van der Waals surface area contributed by atoms with Crippen molar-refractivity contribution in [1.82, 2.24) is 15.0 Å². The molecule has 3 aromatic rings. The van der Waals surface area contributed by atoms with Crippen LogP contribution in [0.5, 0.6) is 5.88 Å². The number of pyridine rings is 1. The average Bonchev–Trinajstić information content (AvgIpc) is 3.58. The fourth-order valence-electron chi connectivity index (χ4n) is 4.78. The molecule has 186 valence electrons. The average molecular weight is 516 g/mol. The lowest BCUT2D eigenvalue weighted by atomic mass is 9.84. The Morgan fingerprint density at radius 3 is 2.83 bits per heavy atom. The maximum absolute atomic E-state index is 15.1. The van der Waals surface area contributed by atoms with Gasteiger partial charge in [-0.15, -0.1) is 5.92 Å². The van der Waals surface area contributed by atoms with Gasteiger partial charge in [0, 0.05) is 24.1 Å². The molecule has 6 nitrogen and oxygen atoms in total. The van der Waals surface area contributed by atoms with Crippen molar-refractivity contribution < 1.29 is 22.3 Å². The molecule has 2 aromatic heterocycles. The summed E-state index contributed by atoms with van der Waals surface area (Å²) < 4.78 is 61.6. The van der Waals surface area contributed by atoms with Crippen molar-refractivity contribution in [3.8, 4) is 17.7 Å². The van der Waals surface area contributed by atoms with E-state index in [2.05, 4.69) is 31.8 Å². The third-order valence-corrected chi connectivity index (χ3v) is 7.93. The summed E-state index contributed by atoms with van der Waals surface area (Å²) in [5, 5.41) is -0.0642. The highest BCUT2D eigenvalue weighted by Gasteiger charge is 2.71. The molecule has 0 saturated heterocycles. The van der Waals surface area contributed by atoms with E-state index in [0.29, 0.717) is 28.2 Å². The first-order valence-electron chi connectivity index (χ1n) is 11.1. The van der Waals surface area contributed by atoms with Crippen LogP contribution < -0.4 is 10.5 Å². The Bertz CT molecular complexity index is 1460. The molecular formula is C25H21F4N5OS. The van der Waals surface area contributed by atoms with E-state index in [-0.39, 0.29) is 30.2 Å². The first-order valence-corrected chi connectivity index (χ1v) is 11.9. The van der Waals surface area contributed by atoms with Crippen molar-refractivity contribution in [2.24, 2.45) is 16.6 Å². The van der Waals surface area contributed by atoms with Crippen molar-refractivity contribution in [2.45, 2.75) is 43.4 Å². The number of thioether (sulfide) groups is 1. The summed E-state index contributed by atoms with van der Waals surface area (Å²) in [4.78, 5) is 17.5. The van der Waals surface area contributed by atoms with E-state index in [0.717, 1.165) is 17.8 Å². The number of hydrogen-bond acceptors (Lipinski definition) is 7. The molecule has 3 atom stereocenters. The van der Waals surface area contributed by atoms with Gasteiger partial charge in [0.1, 0.15) is 5.52 Å². The SMILES string of the molecule is CC#CCOc1cnc2c(Cc3cc(F)c(F)c([C@@]4(C)N=C(N)S[C@@]5(C(F)F)C[C@@H]45)c3)nccc2n1. The molecule has 1 saturated carbocycles. The van der Waals surface area contributed by atoms with Gasteiger partial charge in [-0.25, -0.2) is 27.5 Å². The van der Waals surface area contributed by atoms with Gasteiger partial charge >= 0.3 is 0 Å². The van der Waals surface area contributed by atoms with Crippen molar-refractivity contribution >= 4 is 28.0 Å². The maximum atomic E-state index is 15.1. The zero-order valence-electron chi connectivity index (χ0n) is 19.4. The second-order valence-corrected chi connectivity index (χ2v) is 10.3. The van der Waals surface area contributed by atoms with E-state index >= 15 is 4.39 Å². The minimum absolute atomic E-state index is 0.0642. The van der Waals surface area contributed by atoms with Gasteiger partial charge in [0.2, 0.25) is 5.88 Å². The fourth-order valence-corrected chi connectivity index (χ4v) is 6.11. The molecule has 5 rings (SSSR count). The monoisotopic (exact) mass is 515 g/mol. The number of hydrogen-bond donors (Lipinski definition) is 1. The molecule has 0 bridgehead atoms. The second-order valence-electron chi connectivity index (χ2n) is 8.88. The summed E-state index contributed by atoms with van der Waals surface area (Å²) in [6, 6.07) is 4.18. The van der Waals surface area contributed by atoms with Crippen LogP contribution in [0.15, 0.2) is 35.6 Å². The normalized spacial score (nSPS) is 24.6. The Morgan fingerprint density at radius 1 is 1.28 bits per heavy atom. The van der Waals surface area contributed by atoms with Gasteiger partial charge in [-0.2, -0.15) is 0 Å². The molecule has 1 aromatic carbocycles. The molecular weight excluding hydrogens is 494 g/mol. The highest BCUT2D eigenvalue weighted by molar-refractivity contribution is 8.15. The Kier molecular flexibility index (Phi) is 6.03.